The third-order valence-corrected chi connectivity index (χ3v) is 8.29. The van der Waals surface area contributed by atoms with Crippen LogP contribution in [0.25, 0.3) is 32.8 Å². The Kier molecular flexibility index (Phi) is 5.35. The van der Waals surface area contributed by atoms with Gasteiger partial charge < -0.3 is 5.32 Å². The van der Waals surface area contributed by atoms with Crippen LogP contribution in [0.15, 0.2) is 55.0 Å². The molecule has 0 aliphatic carbocycles. The number of benzene rings is 2. The molecule has 0 atom stereocenters. The molecule has 1 saturated heterocycles. The van der Waals surface area contributed by atoms with E-state index in [1.54, 1.807) is 11.2 Å². The van der Waals surface area contributed by atoms with Crippen LogP contribution in [0.1, 0.15) is 19.8 Å². The van der Waals surface area contributed by atoms with Gasteiger partial charge in [-0.3, -0.25) is 9.67 Å². The lowest BCUT2D eigenvalue weighted by molar-refractivity contribution is 0.330. The van der Waals surface area contributed by atoms with E-state index in [1.807, 2.05) is 36.4 Å². The minimum Gasteiger partial charge on any atom is -0.382 e. The number of anilines is 1. The molecule has 4 aromatic rings. The predicted molar refractivity (Wildman–Crippen MR) is 129 cm³/mol. The van der Waals surface area contributed by atoms with Crippen molar-refractivity contribution in [2.24, 2.45) is 7.05 Å². The molecular formula is C24H27N5O2S. The summed E-state index contributed by atoms with van der Waals surface area (Å²) in [7, 11) is -1.17. The van der Waals surface area contributed by atoms with Gasteiger partial charge in [-0.2, -0.15) is 5.10 Å². The number of rotatable bonds is 5. The molecule has 0 saturated carbocycles. The third-order valence-electron chi connectivity index (χ3n) is 6.41. The molecule has 0 spiro atoms. The Bertz CT molecular complexity index is 1390. The number of piperidine rings is 1. The molecule has 0 radical (unpaired) electrons. The summed E-state index contributed by atoms with van der Waals surface area (Å²) in [5, 5.41) is 11.3. The molecule has 1 fully saturated rings. The Labute approximate surface area is 188 Å². The van der Waals surface area contributed by atoms with Crippen LogP contribution in [0.5, 0.6) is 0 Å². The Morgan fingerprint density at radius 1 is 1.03 bits per heavy atom. The van der Waals surface area contributed by atoms with Gasteiger partial charge >= 0.3 is 0 Å². The molecule has 8 heteroatoms. The van der Waals surface area contributed by atoms with E-state index in [0.717, 1.165) is 51.3 Å². The topological polar surface area (TPSA) is 80.1 Å². The SMILES string of the molecule is CCS(=O)(=O)N1CCC(Nc2cc(-c3ccc4c(cnn4C)c3)cc3ccncc23)CC1. The Morgan fingerprint density at radius 3 is 2.59 bits per heavy atom. The van der Waals surface area contributed by atoms with E-state index >= 15 is 0 Å². The molecule has 1 aliphatic heterocycles. The van der Waals surface area contributed by atoms with Crippen molar-refractivity contribution in [1.29, 1.82) is 0 Å². The summed E-state index contributed by atoms with van der Waals surface area (Å²) in [6, 6.07) is 13.0. The molecule has 1 N–H and O–H groups in total. The highest BCUT2D eigenvalue weighted by Crippen LogP contribution is 2.33. The van der Waals surface area contributed by atoms with Gasteiger partial charge in [0.25, 0.3) is 0 Å². The van der Waals surface area contributed by atoms with Crippen molar-refractivity contribution in [3.63, 3.8) is 0 Å². The van der Waals surface area contributed by atoms with Gasteiger partial charge in [0.05, 0.1) is 17.5 Å². The van der Waals surface area contributed by atoms with Crippen molar-refractivity contribution in [2.75, 3.05) is 24.2 Å². The zero-order chi connectivity index (χ0) is 22.3. The average molecular weight is 450 g/mol. The quantitative estimate of drug-likeness (QED) is 0.498. The highest BCUT2D eigenvalue weighted by molar-refractivity contribution is 7.89. The van der Waals surface area contributed by atoms with Gasteiger partial charge in [-0.15, -0.1) is 0 Å². The molecule has 0 unspecified atom stereocenters. The maximum Gasteiger partial charge on any atom is 0.213 e. The molecular weight excluding hydrogens is 422 g/mol. The van der Waals surface area contributed by atoms with Gasteiger partial charge in [0.1, 0.15) is 0 Å². The van der Waals surface area contributed by atoms with Crippen molar-refractivity contribution in [2.45, 2.75) is 25.8 Å². The Balaban J connectivity index is 1.46. The molecule has 2 aromatic carbocycles. The first-order valence-corrected chi connectivity index (χ1v) is 12.6. The fourth-order valence-corrected chi connectivity index (χ4v) is 5.64. The molecule has 7 nitrogen and oxygen atoms in total. The average Bonchev–Trinajstić information content (AvgIpc) is 3.19. The number of aryl methyl sites for hydroxylation is 1. The summed E-state index contributed by atoms with van der Waals surface area (Å²) < 4.78 is 27.9. The minimum absolute atomic E-state index is 0.157. The molecule has 32 heavy (non-hydrogen) atoms. The van der Waals surface area contributed by atoms with E-state index in [0.29, 0.717) is 13.1 Å². The Morgan fingerprint density at radius 2 is 1.81 bits per heavy atom. The van der Waals surface area contributed by atoms with Crippen molar-refractivity contribution in [3.8, 4) is 11.1 Å². The maximum absolute atomic E-state index is 12.2. The van der Waals surface area contributed by atoms with Crippen molar-refractivity contribution >= 4 is 37.4 Å². The Hall–Kier alpha value is -2.97. The first-order chi connectivity index (χ1) is 15.4. The zero-order valence-corrected chi connectivity index (χ0v) is 19.1. The predicted octanol–water partition coefficient (Wildman–Crippen LogP) is 4.01. The first kappa shape index (κ1) is 20.9. The molecule has 3 heterocycles. The van der Waals surface area contributed by atoms with E-state index in [4.69, 9.17) is 0 Å². The fraction of sp³-hybridized carbons (Fsp3) is 0.333. The van der Waals surface area contributed by atoms with Crippen LogP contribution in [-0.2, 0) is 17.1 Å². The van der Waals surface area contributed by atoms with Crippen LogP contribution < -0.4 is 5.32 Å². The molecule has 2 aromatic heterocycles. The summed E-state index contributed by atoms with van der Waals surface area (Å²) in [6.07, 6.45) is 7.16. The van der Waals surface area contributed by atoms with Crippen molar-refractivity contribution < 1.29 is 8.42 Å². The van der Waals surface area contributed by atoms with Gasteiger partial charge in [-0.1, -0.05) is 6.07 Å². The van der Waals surface area contributed by atoms with Crippen LogP contribution in [0.3, 0.4) is 0 Å². The first-order valence-electron chi connectivity index (χ1n) is 11.0. The standard InChI is InChI=1S/C24H27N5O2S/c1-3-32(30,31)29-10-7-21(8-11-29)27-23-14-19(13-18-6-9-25-16-22(18)23)17-4-5-24-20(12-17)15-26-28(24)2/h4-6,9,12-16,21,27H,3,7-8,10-11H2,1-2H3. The second-order valence-electron chi connectivity index (χ2n) is 8.38. The fourth-order valence-electron chi connectivity index (χ4n) is 4.51. The zero-order valence-electron chi connectivity index (χ0n) is 18.3. The number of pyridine rings is 1. The number of sulfonamides is 1. The minimum atomic E-state index is -3.12. The molecule has 5 rings (SSSR count). The van der Waals surface area contributed by atoms with Crippen molar-refractivity contribution in [1.82, 2.24) is 19.1 Å². The van der Waals surface area contributed by atoms with Gasteiger partial charge in [0, 0.05) is 55.0 Å². The smallest absolute Gasteiger partial charge is 0.213 e. The van der Waals surface area contributed by atoms with Crippen LogP contribution in [0.2, 0.25) is 0 Å². The van der Waals surface area contributed by atoms with Crippen LogP contribution in [0.4, 0.5) is 5.69 Å². The third kappa shape index (κ3) is 3.84. The number of nitrogens with zero attached hydrogens (tertiary/aromatic N) is 4. The van der Waals surface area contributed by atoms with E-state index < -0.39 is 10.0 Å². The summed E-state index contributed by atoms with van der Waals surface area (Å²) in [4.78, 5) is 4.33. The second-order valence-corrected chi connectivity index (χ2v) is 10.6. The summed E-state index contributed by atoms with van der Waals surface area (Å²) in [5.74, 6) is 0.157. The van der Waals surface area contributed by atoms with Gasteiger partial charge in [-0.25, -0.2) is 12.7 Å². The van der Waals surface area contributed by atoms with Gasteiger partial charge in [0.15, 0.2) is 0 Å². The normalized spacial score (nSPS) is 16.1. The summed E-state index contributed by atoms with van der Waals surface area (Å²) >= 11 is 0. The van der Waals surface area contributed by atoms with Crippen LogP contribution >= 0.6 is 0 Å². The highest BCUT2D eigenvalue weighted by Gasteiger charge is 2.27. The summed E-state index contributed by atoms with van der Waals surface area (Å²) in [5.41, 5.74) is 4.40. The van der Waals surface area contributed by atoms with E-state index in [1.165, 1.54) is 0 Å². The molecule has 166 valence electrons. The van der Waals surface area contributed by atoms with Crippen molar-refractivity contribution in [3.05, 3.63) is 55.0 Å². The number of nitrogens with one attached hydrogen (secondary N) is 1. The number of fused-ring (bicyclic) bond motifs is 2. The second kappa shape index (κ2) is 8.18. The number of hydrogen-bond acceptors (Lipinski definition) is 5. The monoisotopic (exact) mass is 449 g/mol. The van der Waals surface area contributed by atoms with Gasteiger partial charge in [-0.05, 0) is 66.6 Å². The lowest BCUT2D eigenvalue weighted by Crippen LogP contribution is -2.42. The number of hydrogen-bond donors (Lipinski definition) is 1. The highest BCUT2D eigenvalue weighted by atomic mass is 32.2. The lowest BCUT2D eigenvalue weighted by Gasteiger charge is -2.32. The van der Waals surface area contributed by atoms with E-state index in [2.05, 4.69) is 45.7 Å². The van der Waals surface area contributed by atoms with Crippen LogP contribution in [0, 0.1) is 0 Å². The summed E-state index contributed by atoms with van der Waals surface area (Å²) in [6.45, 7) is 2.82. The molecule has 1 aliphatic rings. The maximum atomic E-state index is 12.2. The van der Waals surface area contributed by atoms with E-state index in [9.17, 15) is 8.42 Å². The number of aromatic nitrogens is 3. The van der Waals surface area contributed by atoms with Gasteiger partial charge in [0.2, 0.25) is 10.0 Å². The molecule has 0 bridgehead atoms. The largest absolute Gasteiger partial charge is 0.382 e. The van der Waals surface area contributed by atoms with Crippen LogP contribution in [-0.4, -0.2) is 52.4 Å². The lowest BCUT2D eigenvalue weighted by atomic mass is 9.98. The van der Waals surface area contributed by atoms with E-state index in [-0.39, 0.29) is 11.8 Å². The molecule has 0 amide bonds.